The van der Waals surface area contributed by atoms with Crippen LogP contribution in [0.1, 0.15) is 5.56 Å². The van der Waals surface area contributed by atoms with Gasteiger partial charge in [0.15, 0.2) is 0 Å². The Morgan fingerprint density at radius 2 is 2.23 bits per heavy atom. The highest BCUT2D eigenvalue weighted by molar-refractivity contribution is 6.17. The molecule has 1 amide bonds. The number of carboxylic acid groups (broad SMARTS) is 1. The third kappa shape index (κ3) is 3.75. The summed E-state index contributed by atoms with van der Waals surface area (Å²) >= 11 is 5.56. The second-order valence-corrected chi connectivity index (χ2v) is 2.53. The third-order valence-corrected chi connectivity index (χ3v) is 1.64. The number of hydrogen-bond donors (Lipinski definition) is 2. The molecule has 0 heterocycles. The Balaban J connectivity index is 0.00000144. The van der Waals surface area contributed by atoms with Crippen LogP contribution in [0.15, 0.2) is 24.3 Å². The van der Waals surface area contributed by atoms with Crippen molar-refractivity contribution in [3.05, 3.63) is 29.8 Å². The van der Waals surface area contributed by atoms with Gasteiger partial charge < -0.3 is 5.11 Å². The van der Waals surface area contributed by atoms with Crippen LogP contribution < -0.4 is 5.32 Å². The predicted molar refractivity (Wildman–Crippen MR) is 50.1 cm³/mol. The van der Waals surface area contributed by atoms with Gasteiger partial charge in [-0.3, -0.25) is 10.0 Å². The van der Waals surface area contributed by atoms with Crippen molar-refractivity contribution in [2.24, 2.45) is 0 Å². The lowest BCUT2D eigenvalue weighted by atomic mass is 10.2. The first kappa shape index (κ1) is 11.7. The average Bonchev–Trinajstić information content (AvgIpc) is 2.03. The molecule has 0 aliphatic heterocycles. The number of benzene rings is 1. The number of halogens is 2. The molecule has 0 aliphatic rings. The fourth-order valence-corrected chi connectivity index (χ4v) is 1.02. The van der Waals surface area contributed by atoms with Crippen LogP contribution in [0.5, 0.6) is 0 Å². The smallest absolute Gasteiger partial charge is 0.409 e. The zero-order chi connectivity index (χ0) is 8.97. The summed E-state index contributed by atoms with van der Waals surface area (Å²) in [6.07, 6.45) is -1.07. The first-order chi connectivity index (χ1) is 5.72. The van der Waals surface area contributed by atoms with Crippen LogP contribution in [0, 0.1) is 0 Å². The Kier molecular flexibility index (Phi) is 4.84. The molecular formula is C8H9ClFNO2. The van der Waals surface area contributed by atoms with Crippen LogP contribution in [0.2, 0.25) is 0 Å². The minimum absolute atomic E-state index is 0. The van der Waals surface area contributed by atoms with E-state index in [0.29, 0.717) is 11.6 Å². The maximum atomic E-state index is 10.2. The summed E-state index contributed by atoms with van der Waals surface area (Å²) in [7, 11) is 0. The van der Waals surface area contributed by atoms with Crippen molar-refractivity contribution in [1.29, 1.82) is 0 Å². The molecule has 0 aromatic heterocycles. The molecular weight excluding hydrogens is 197 g/mol. The SMILES string of the molecule is F.O=C(O)Nc1cccc(CCl)c1. The third-order valence-electron chi connectivity index (χ3n) is 1.33. The summed E-state index contributed by atoms with van der Waals surface area (Å²) in [6.45, 7) is 0. The van der Waals surface area contributed by atoms with Crippen molar-refractivity contribution in [2.45, 2.75) is 5.88 Å². The quantitative estimate of drug-likeness (QED) is 0.730. The van der Waals surface area contributed by atoms with Gasteiger partial charge in [-0.05, 0) is 17.7 Å². The molecule has 72 valence electrons. The number of alkyl halides is 1. The van der Waals surface area contributed by atoms with Gasteiger partial charge in [-0.1, -0.05) is 12.1 Å². The molecule has 0 bridgehead atoms. The fraction of sp³-hybridized carbons (Fsp3) is 0.125. The second kappa shape index (κ2) is 5.37. The van der Waals surface area contributed by atoms with E-state index in [4.69, 9.17) is 16.7 Å². The standard InChI is InChI=1S/C8H8ClNO2.FH/c9-5-6-2-1-3-7(4-6)10-8(11)12;/h1-4,10H,5H2,(H,11,12);1H. The zero-order valence-corrected chi connectivity index (χ0v) is 7.41. The van der Waals surface area contributed by atoms with E-state index < -0.39 is 6.09 Å². The van der Waals surface area contributed by atoms with Gasteiger partial charge in [0, 0.05) is 11.6 Å². The molecule has 1 aromatic carbocycles. The van der Waals surface area contributed by atoms with Crippen molar-refractivity contribution in [3.8, 4) is 0 Å². The molecule has 0 unspecified atom stereocenters. The number of anilines is 1. The monoisotopic (exact) mass is 205 g/mol. The van der Waals surface area contributed by atoms with Crippen molar-refractivity contribution < 1.29 is 14.6 Å². The molecule has 0 aliphatic carbocycles. The van der Waals surface area contributed by atoms with E-state index in [0.717, 1.165) is 5.56 Å². The van der Waals surface area contributed by atoms with Crippen molar-refractivity contribution in [3.63, 3.8) is 0 Å². The first-order valence-electron chi connectivity index (χ1n) is 3.37. The van der Waals surface area contributed by atoms with E-state index in [9.17, 15) is 4.79 Å². The summed E-state index contributed by atoms with van der Waals surface area (Å²) in [6, 6.07) is 6.95. The van der Waals surface area contributed by atoms with Crippen molar-refractivity contribution >= 4 is 23.4 Å². The van der Waals surface area contributed by atoms with Gasteiger partial charge in [0.05, 0.1) is 0 Å². The molecule has 3 nitrogen and oxygen atoms in total. The van der Waals surface area contributed by atoms with E-state index in [1.165, 1.54) is 0 Å². The molecule has 0 saturated carbocycles. The Morgan fingerprint density at radius 3 is 2.77 bits per heavy atom. The highest BCUT2D eigenvalue weighted by Crippen LogP contribution is 2.11. The lowest BCUT2D eigenvalue weighted by Gasteiger charge is -2.01. The minimum atomic E-state index is -1.07. The summed E-state index contributed by atoms with van der Waals surface area (Å²) < 4.78 is 0. The van der Waals surface area contributed by atoms with Crippen molar-refractivity contribution in [1.82, 2.24) is 0 Å². The second-order valence-electron chi connectivity index (χ2n) is 2.26. The molecule has 0 spiro atoms. The van der Waals surface area contributed by atoms with Crippen molar-refractivity contribution in [2.75, 3.05) is 5.32 Å². The van der Waals surface area contributed by atoms with Gasteiger partial charge in [-0.25, -0.2) is 4.79 Å². The largest absolute Gasteiger partial charge is 0.465 e. The maximum Gasteiger partial charge on any atom is 0.409 e. The van der Waals surface area contributed by atoms with Crippen LogP contribution in [0.4, 0.5) is 15.2 Å². The van der Waals surface area contributed by atoms with Gasteiger partial charge in [0.25, 0.3) is 0 Å². The number of carbonyl (C=O) groups is 1. The van der Waals surface area contributed by atoms with Gasteiger partial charge in [0.2, 0.25) is 0 Å². The van der Waals surface area contributed by atoms with Crippen LogP contribution >= 0.6 is 11.6 Å². The Morgan fingerprint density at radius 1 is 1.54 bits per heavy atom. The lowest BCUT2D eigenvalue weighted by molar-refractivity contribution is 0.210. The van der Waals surface area contributed by atoms with Gasteiger partial charge in [-0.2, -0.15) is 0 Å². The molecule has 0 atom stereocenters. The lowest BCUT2D eigenvalue weighted by Crippen LogP contribution is -2.06. The number of nitrogens with one attached hydrogen (secondary N) is 1. The molecule has 13 heavy (non-hydrogen) atoms. The zero-order valence-electron chi connectivity index (χ0n) is 6.66. The first-order valence-corrected chi connectivity index (χ1v) is 3.90. The molecule has 5 heteroatoms. The number of hydrogen-bond acceptors (Lipinski definition) is 1. The van der Waals surface area contributed by atoms with E-state index in [-0.39, 0.29) is 4.70 Å². The Bertz CT molecular complexity index is 293. The number of amides is 1. The predicted octanol–water partition coefficient (Wildman–Crippen LogP) is 2.67. The van der Waals surface area contributed by atoms with E-state index in [1.54, 1.807) is 18.2 Å². The fourth-order valence-electron chi connectivity index (χ4n) is 0.856. The van der Waals surface area contributed by atoms with Crippen LogP contribution in [0.25, 0.3) is 0 Å². The molecule has 0 radical (unpaired) electrons. The molecule has 0 fully saturated rings. The van der Waals surface area contributed by atoms with E-state index >= 15 is 0 Å². The summed E-state index contributed by atoms with van der Waals surface area (Å²) in [5.41, 5.74) is 1.43. The molecule has 1 rings (SSSR count). The highest BCUT2D eigenvalue weighted by atomic mass is 35.5. The van der Waals surface area contributed by atoms with Gasteiger partial charge in [0.1, 0.15) is 0 Å². The molecule has 2 N–H and O–H groups in total. The van der Waals surface area contributed by atoms with Gasteiger partial charge >= 0.3 is 6.09 Å². The van der Waals surface area contributed by atoms with Crippen LogP contribution in [-0.4, -0.2) is 11.2 Å². The highest BCUT2D eigenvalue weighted by Gasteiger charge is 1.97. The van der Waals surface area contributed by atoms with Gasteiger partial charge in [-0.15, -0.1) is 11.6 Å². The topological polar surface area (TPSA) is 49.3 Å². The average molecular weight is 206 g/mol. The van der Waals surface area contributed by atoms with E-state index in [2.05, 4.69) is 5.32 Å². The maximum absolute atomic E-state index is 10.2. The van der Waals surface area contributed by atoms with Crippen LogP contribution in [0.3, 0.4) is 0 Å². The molecule has 0 saturated heterocycles. The van der Waals surface area contributed by atoms with Crippen LogP contribution in [-0.2, 0) is 5.88 Å². The minimum Gasteiger partial charge on any atom is -0.465 e. The summed E-state index contributed by atoms with van der Waals surface area (Å²) in [5, 5.41) is 10.6. The number of rotatable bonds is 2. The Labute approximate surface area is 79.7 Å². The Hall–Kier alpha value is -1.29. The normalized spacial score (nSPS) is 8.69. The summed E-state index contributed by atoms with van der Waals surface area (Å²) in [4.78, 5) is 10.2. The van der Waals surface area contributed by atoms with E-state index in [1.807, 2.05) is 6.07 Å². The molecule has 1 aromatic rings. The summed E-state index contributed by atoms with van der Waals surface area (Å²) in [5.74, 6) is 0.384.